The fraction of sp³-hybridized carbons (Fsp3) is 0.292. The van der Waals surface area contributed by atoms with Gasteiger partial charge in [-0.25, -0.2) is 9.37 Å². The smallest absolute Gasteiger partial charge is 0.147 e. The number of nitrogens with two attached hydrogens (primary N) is 1. The van der Waals surface area contributed by atoms with E-state index in [9.17, 15) is 14.9 Å². The van der Waals surface area contributed by atoms with Gasteiger partial charge in [0.05, 0.1) is 22.5 Å². The first-order chi connectivity index (χ1) is 14.4. The highest BCUT2D eigenvalue weighted by molar-refractivity contribution is 6.08. The van der Waals surface area contributed by atoms with Crippen LogP contribution in [0.2, 0.25) is 0 Å². The molecule has 0 atom stereocenters. The topological polar surface area (TPSA) is 89.7 Å². The Labute approximate surface area is 175 Å². The number of benzene rings is 1. The first-order valence-electron chi connectivity index (χ1n) is 9.96. The van der Waals surface area contributed by atoms with Gasteiger partial charge in [-0.15, -0.1) is 0 Å². The van der Waals surface area contributed by atoms with E-state index in [2.05, 4.69) is 22.0 Å². The van der Waals surface area contributed by atoms with Gasteiger partial charge < -0.3 is 10.6 Å². The highest BCUT2D eigenvalue weighted by Gasteiger charge is 2.30. The Kier molecular flexibility index (Phi) is 4.79. The summed E-state index contributed by atoms with van der Waals surface area (Å²) < 4.78 is 14.9. The van der Waals surface area contributed by atoms with Gasteiger partial charge in [0.2, 0.25) is 0 Å². The molecule has 4 rings (SSSR count). The second-order valence-corrected chi connectivity index (χ2v) is 7.86. The van der Waals surface area contributed by atoms with Crippen LogP contribution in [-0.2, 0) is 0 Å². The molecule has 1 aliphatic carbocycles. The summed E-state index contributed by atoms with van der Waals surface area (Å²) in [6.07, 6.45) is 4.05. The predicted octanol–water partition coefficient (Wildman–Crippen LogP) is 4.74. The third kappa shape index (κ3) is 2.93. The van der Waals surface area contributed by atoms with Gasteiger partial charge in [0.15, 0.2) is 0 Å². The number of fused-ring (bicyclic) bond motifs is 1. The van der Waals surface area contributed by atoms with Crippen molar-refractivity contribution in [3.05, 3.63) is 57.0 Å². The third-order valence-corrected chi connectivity index (χ3v) is 6.07. The van der Waals surface area contributed by atoms with E-state index in [1.54, 1.807) is 13.0 Å². The monoisotopic (exact) mass is 399 g/mol. The molecule has 0 bridgehead atoms. The largest absolute Gasteiger partial charge is 0.383 e. The fourth-order valence-corrected chi connectivity index (χ4v) is 4.39. The number of anilines is 2. The van der Waals surface area contributed by atoms with E-state index in [0.29, 0.717) is 28.1 Å². The number of hydrogen-bond donors (Lipinski definition) is 1. The minimum atomic E-state index is -0.250. The predicted molar refractivity (Wildman–Crippen MR) is 117 cm³/mol. The highest BCUT2D eigenvalue weighted by Crippen LogP contribution is 2.44. The van der Waals surface area contributed by atoms with E-state index in [4.69, 9.17) is 5.73 Å². The second kappa shape index (κ2) is 7.31. The van der Waals surface area contributed by atoms with Crippen LogP contribution >= 0.6 is 0 Å². The van der Waals surface area contributed by atoms with Crippen molar-refractivity contribution in [1.29, 1.82) is 10.5 Å². The zero-order valence-corrected chi connectivity index (χ0v) is 17.3. The molecule has 2 N–H and O–H groups in total. The van der Waals surface area contributed by atoms with E-state index in [0.717, 1.165) is 53.8 Å². The molecule has 2 heterocycles. The average Bonchev–Trinajstić information content (AvgIpc) is 3.32. The first-order valence-corrected chi connectivity index (χ1v) is 9.96. The van der Waals surface area contributed by atoms with Gasteiger partial charge in [-0.1, -0.05) is 0 Å². The summed E-state index contributed by atoms with van der Waals surface area (Å²) in [6.45, 7) is 7.36. The minimum absolute atomic E-state index is 0.118. The lowest BCUT2D eigenvalue weighted by atomic mass is 9.94. The van der Waals surface area contributed by atoms with Crippen molar-refractivity contribution in [2.45, 2.75) is 33.6 Å². The maximum Gasteiger partial charge on any atom is 0.147 e. The fourth-order valence-electron chi connectivity index (χ4n) is 4.39. The number of aromatic nitrogens is 1. The van der Waals surface area contributed by atoms with Gasteiger partial charge in [-0.05, 0) is 79.7 Å². The van der Waals surface area contributed by atoms with Crippen molar-refractivity contribution < 1.29 is 4.39 Å². The summed E-state index contributed by atoms with van der Waals surface area (Å²) >= 11 is 0. The minimum Gasteiger partial charge on any atom is -0.383 e. The Morgan fingerprint density at radius 1 is 1.13 bits per heavy atom. The Bertz CT molecular complexity index is 1220. The molecule has 0 spiro atoms. The molecule has 1 aliphatic heterocycles. The number of pyridine rings is 1. The Morgan fingerprint density at radius 2 is 1.83 bits per heavy atom. The normalized spacial score (nSPS) is 16.7. The van der Waals surface area contributed by atoms with Gasteiger partial charge in [0.25, 0.3) is 0 Å². The summed E-state index contributed by atoms with van der Waals surface area (Å²) in [5.74, 6) is -0.132. The molecular formula is C24H22FN5. The van der Waals surface area contributed by atoms with Crippen molar-refractivity contribution in [3.63, 3.8) is 0 Å². The van der Waals surface area contributed by atoms with Crippen LogP contribution in [0.4, 0.5) is 15.9 Å². The quantitative estimate of drug-likeness (QED) is 0.787. The van der Waals surface area contributed by atoms with E-state index < -0.39 is 0 Å². The van der Waals surface area contributed by atoms with Gasteiger partial charge in [0, 0.05) is 18.7 Å². The Balaban J connectivity index is 1.90. The molecule has 1 aromatic heterocycles. The van der Waals surface area contributed by atoms with Crippen LogP contribution in [0.3, 0.4) is 0 Å². The van der Waals surface area contributed by atoms with Crippen LogP contribution in [0, 0.1) is 42.3 Å². The molecule has 0 saturated carbocycles. The summed E-state index contributed by atoms with van der Waals surface area (Å²) in [6, 6.07) is 7.75. The van der Waals surface area contributed by atoms with Crippen LogP contribution in [0.15, 0.2) is 17.7 Å². The summed E-state index contributed by atoms with van der Waals surface area (Å²) in [7, 11) is 0. The van der Waals surface area contributed by atoms with Gasteiger partial charge >= 0.3 is 0 Å². The third-order valence-electron chi connectivity index (χ3n) is 6.07. The molecule has 2 aliphatic rings. The Hall–Kier alpha value is -3.64. The molecule has 2 aromatic rings. The van der Waals surface area contributed by atoms with Crippen molar-refractivity contribution in [1.82, 2.24) is 4.98 Å². The van der Waals surface area contributed by atoms with Crippen molar-refractivity contribution >= 4 is 28.7 Å². The SMILES string of the molecule is CC1=C(C#N)c2nc(N)c(C#N)c(C)c2C1=Cc1cc(F)c(N2CCCC2)cc1C. The van der Waals surface area contributed by atoms with Crippen molar-refractivity contribution in [2.75, 3.05) is 23.7 Å². The van der Waals surface area contributed by atoms with Crippen LogP contribution < -0.4 is 10.6 Å². The molecule has 5 nitrogen and oxygen atoms in total. The number of nitrogen functional groups attached to an aromatic ring is 1. The van der Waals surface area contributed by atoms with Crippen molar-refractivity contribution in [3.8, 4) is 12.1 Å². The molecule has 1 fully saturated rings. The number of halogens is 1. The molecular weight excluding hydrogens is 377 g/mol. The number of allylic oxidation sites excluding steroid dienone is 3. The number of rotatable bonds is 2. The second-order valence-electron chi connectivity index (χ2n) is 7.86. The number of nitriles is 2. The van der Waals surface area contributed by atoms with Gasteiger partial charge in [-0.2, -0.15) is 10.5 Å². The summed E-state index contributed by atoms with van der Waals surface area (Å²) in [5.41, 5.74) is 12.4. The van der Waals surface area contributed by atoms with Crippen LogP contribution in [-0.4, -0.2) is 18.1 Å². The van der Waals surface area contributed by atoms with Crippen LogP contribution in [0.25, 0.3) is 17.2 Å². The molecule has 0 unspecified atom stereocenters. The molecule has 0 radical (unpaired) electrons. The molecule has 0 amide bonds. The van der Waals surface area contributed by atoms with Crippen molar-refractivity contribution in [2.24, 2.45) is 0 Å². The lowest BCUT2D eigenvalue weighted by Gasteiger charge is -2.20. The number of nitrogens with zero attached hydrogens (tertiary/aromatic N) is 4. The maximum absolute atomic E-state index is 14.9. The van der Waals surface area contributed by atoms with Gasteiger partial charge in [-0.3, -0.25) is 0 Å². The first kappa shape index (κ1) is 19.7. The average molecular weight is 399 g/mol. The lowest BCUT2D eigenvalue weighted by Crippen LogP contribution is -2.19. The van der Waals surface area contributed by atoms with E-state index in [-0.39, 0.29) is 11.6 Å². The van der Waals surface area contributed by atoms with Crippen LogP contribution in [0.5, 0.6) is 0 Å². The molecule has 6 heteroatoms. The van der Waals surface area contributed by atoms with E-state index in [1.807, 2.05) is 26.0 Å². The van der Waals surface area contributed by atoms with E-state index >= 15 is 0 Å². The molecule has 150 valence electrons. The molecule has 1 aromatic carbocycles. The molecule has 30 heavy (non-hydrogen) atoms. The maximum atomic E-state index is 14.9. The zero-order valence-electron chi connectivity index (χ0n) is 17.3. The lowest BCUT2D eigenvalue weighted by molar-refractivity contribution is 0.622. The summed E-state index contributed by atoms with van der Waals surface area (Å²) in [4.78, 5) is 6.42. The Morgan fingerprint density at radius 3 is 2.47 bits per heavy atom. The van der Waals surface area contributed by atoms with Crippen LogP contribution in [0.1, 0.15) is 53.3 Å². The molecule has 1 saturated heterocycles. The standard InChI is InChI=1S/C24H22FN5/c1-13-8-21(30-6-4-5-7-30)20(25)10-16(13)9-17-14(2)18(11-26)23-22(17)15(3)19(12-27)24(28)29-23/h8-10H,4-7H2,1-3H3,(H2,28,29). The van der Waals surface area contributed by atoms with Gasteiger partial charge in [0.1, 0.15) is 23.8 Å². The summed E-state index contributed by atoms with van der Waals surface area (Å²) in [5, 5.41) is 19.2. The number of aryl methyl sites for hydroxylation is 1. The number of hydrogen-bond acceptors (Lipinski definition) is 5. The zero-order chi connectivity index (χ0) is 21.6. The highest BCUT2D eigenvalue weighted by atomic mass is 19.1. The van der Waals surface area contributed by atoms with E-state index in [1.165, 1.54) is 0 Å².